The number of rotatable bonds is 2. The van der Waals surface area contributed by atoms with E-state index in [-0.39, 0.29) is 5.41 Å². The summed E-state index contributed by atoms with van der Waals surface area (Å²) < 4.78 is 0. The lowest BCUT2D eigenvalue weighted by molar-refractivity contribution is 0.00813. The van der Waals surface area contributed by atoms with Gasteiger partial charge in [-0.25, -0.2) is 4.79 Å². The highest BCUT2D eigenvalue weighted by Crippen LogP contribution is 2.48. The van der Waals surface area contributed by atoms with E-state index in [1.807, 2.05) is 12.1 Å². The minimum absolute atomic E-state index is 0.262. The van der Waals surface area contributed by atoms with Gasteiger partial charge < -0.3 is 20.0 Å². The molecule has 2 N–H and O–H groups in total. The van der Waals surface area contributed by atoms with E-state index in [9.17, 15) is 9.90 Å². The Bertz CT molecular complexity index is 619. The van der Waals surface area contributed by atoms with Gasteiger partial charge in [0.25, 0.3) is 0 Å². The number of benzene rings is 1. The summed E-state index contributed by atoms with van der Waals surface area (Å²) in [6, 6.07) is 8.34. The highest BCUT2D eigenvalue weighted by atomic mass is 16.4. The number of nitrogens with zero attached hydrogens (tertiary/aromatic N) is 2. The van der Waals surface area contributed by atoms with Crippen molar-refractivity contribution in [2.45, 2.75) is 44.1 Å². The molecule has 1 amide bonds. The van der Waals surface area contributed by atoms with Crippen LogP contribution in [0, 0.1) is 5.41 Å². The molecule has 1 aromatic rings. The molecule has 0 bridgehead atoms. The van der Waals surface area contributed by atoms with E-state index >= 15 is 0 Å². The third-order valence-electron chi connectivity index (χ3n) is 6.42. The fourth-order valence-electron chi connectivity index (χ4n) is 5.08. The molecule has 2 saturated heterocycles. The second kappa shape index (κ2) is 5.96. The number of piperidine rings is 1. The number of hydrogen-bond acceptors (Lipinski definition) is 3. The zero-order chi connectivity index (χ0) is 16.7. The van der Waals surface area contributed by atoms with Crippen LogP contribution in [0.4, 0.5) is 4.79 Å². The van der Waals surface area contributed by atoms with Crippen LogP contribution in [0.5, 0.6) is 5.75 Å². The molecule has 2 aliphatic heterocycles. The number of hydrogen-bond donors (Lipinski definition) is 2. The van der Waals surface area contributed by atoms with Crippen LogP contribution in [0.3, 0.4) is 0 Å². The van der Waals surface area contributed by atoms with Crippen LogP contribution in [0.1, 0.15) is 43.6 Å². The van der Waals surface area contributed by atoms with Crippen molar-refractivity contribution in [3.05, 3.63) is 29.8 Å². The third-order valence-corrected chi connectivity index (χ3v) is 6.42. The average Bonchev–Trinajstić information content (AvgIpc) is 3.00. The Morgan fingerprint density at radius 2 is 1.83 bits per heavy atom. The summed E-state index contributed by atoms with van der Waals surface area (Å²) >= 11 is 0. The predicted octanol–water partition coefficient (Wildman–Crippen LogP) is 3.10. The van der Waals surface area contributed by atoms with Gasteiger partial charge in [-0.1, -0.05) is 18.2 Å². The van der Waals surface area contributed by atoms with Crippen LogP contribution in [-0.2, 0) is 0 Å². The summed E-state index contributed by atoms with van der Waals surface area (Å²) in [6.07, 6.45) is 4.95. The molecule has 1 saturated carbocycles. The molecule has 1 aliphatic carbocycles. The average molecular weight is 330 g/mol. The monoisotopic (exact) mass is 330 g/mol. The minimum Gasteiger partial charge on any atom is -0.508 e. The van der Waals surface area contributed by atoms with Crippen molar-refractivity contribution in [2.75, 3.05) is 26.2 Å². The van der Waals surface area contributed by atoms with Crippen molar-refractivity contribution in [3.63, 3.8) is 0 Å². The predicted molar refractivity (Wildman–Crippen MR) is 91.3 cm³/mol. The number of likely N-dealkylation sites (tertiary alicyclic amines) is 2. The third kappa shape index (κ3) is 2.75. The number of phenols is 1. The molecule has 2 heterocycles. The van der Waals surface area contributed by atoms with Gasteiger partial charge in [-0.05, 0) is 62.7 Å². The van der Waals surface area contributed by atoms with Gasteiger partial charge >= 0.3 is 6.09 Å². The van der Waals surface area contributed by atoms with Crippen LogP contribution in [0.15, 0.2) is 24.3 Å². The van der Waals surface area contributed by atoms with E-state index < -0.39 is 6.09 Å². The van der Waals surface area contributed by atoms with Gasteiger partial charge in [0.2, 0.25) is 0 Å². The molecule has 5 nitrogen and oxygen atoms in total. The van der Waals surface area contributed by atoms with Gasteiger partial charge in [0, 0.05) is 24.5 Å². The molecule has 24 heavy (non-hydrogen) atoms. The van der Waals surface area contributed by atoms with Crippen molar-refractivity contribution in [1.29, 1.82) is 0 Å². The zero-order valence-corrected chi connectivity index (χ0v) is 14.0. The highest BCUT2D eigenvalue weighted by Gasteiger charge is 2.50. The SMILES string of the molecule is O=C(O)N1CC2(CCC(N3CCC(c4ccccc4O)CC3)C2)C1. The first-order valence-electron chi connectivity index (χ1n) is 9.06. The summed E-state index contributed by atoms with van der Waals surface area (Å²) in [7, 11) is 0. The van der Waals surface area contributed by atoms with Crippen molar-refractivity contribution in [2.24, 2.45) is 5.41 Å². The molecular weight excluding hydrogens is 304 g/mol. The van der Waals surface area contributed by atoms with Gasteiger partial charge in [-0.3, -0.25) is 0 Å². The molecule has 1 atom stereocenters. The number of carbonyl (C=O) groups is 1. The van der Waals surface area contributed by atoms with E-state index in [0.29, 0.717) is 17.7 Å². The van der Waals surface area contributed by atoms with E-state index in [4.69, 9.17) is 5.11 Å². The second-order valence-corrected chi connectivity index (χ2v) is 7.90. The van der Waals surface area contributed by atoms with E-state index in [1.54, 1.807) is 11.0 Å². The van der Waals surface area contributed by atoms with Crippen LogP contribution in [0.2, 0.25) is 0 Å². The topological polar surface area (TPSA) is 64.0 Å². The normalized spacial score (nSPS) is 27.3. The summed E-state index contributed by atoms with van der Waals surface area (Å²) in [5.74, 6) is 0.892. The fraction of sp³-hybridized carbons (Fsp3) is 0.632. The Morgan fingerprint density at radius 3 is 2.50 bits per heavy atom. The van der Waals surface area contributed by atoms with E-state index in [2.05, 4.69) is 11.0 Å². The maximum Gasteiger partial charge on any atom is 0.407 e. The number of para-hydroxylation sites is 1. The quantitative estimate of drug-likeness (QED) is 0.874. The molecular formula is C19H26N2O3. The van der Waals surface area contributed by atoms with Gasteiger partial charge in [0.1, 0.15) is 5.75 Å². The fourth-order valence-corrected chi connectivity index (χ4v) is 5.08. The van der Waals surface area contributed by atoms with Gasteiger partial charge in [-0.2, -0.15) is 0 Å². The number of amides is 1. The molecule has 3 aliphatic rings. The maximum absolute atomic E-state index is 11.0. The molecule has 4 rings (SSSR count). The van der Waals surface area contributed by atoms with Crippen LogP contribution in [-0.4, -0.2) is 58.3 Å². The van der Waals surface area contributed by atoms with Gasteiger partial charge in [-0.15, -0.1) is 0 Å². The lowest BCUT2D eigenvalue weighted by Gasteiger charge is -2.47. The standard InChI is InChI=1S/C19H26N2O3/c22-17-4-2-1-3-16(17)14-6-9-20(10-7-14)15-5-8-19(11-15)12-21(13-19)18(23)24/h1-4,14-15,22H,5-13H2,(H,23,24). The summed E-state index contributed by atoms with van der Waals surface area (Å²) in [5, 5.41) is 19.1. The molecule has 1 unspecified atom stereocenters. The van der Waals surface area contributed by atoms with Gasteiger partial charge in [0.15, 0.2) is 0 Å². The Kier molecular flexibility index (Phi) is 3.91. The van der Waals surface area contributed by atoms with Crippen molar-refractivity contribution in [3.8, 4) is 5.75 Å². The molecule has 1 aromatic carbocycles. The van der Waals surface area contributed by atoms with E-state index in [0.717, 1.165) is 51.0 Å². The van der Waals surface area contributed by atoms with Gasteiger partial charge in [0.05, 0.1) is 0 Å². The van der Waals surface area contributed by atoms with Crippen molar-refractivity contribution >= 4 is 6.09 Å². The molecule has 130 valence electrons. The Balaban J connectivity index is 1.31. The first-order chi connectivity index (χ1) is 11.6. The van der Waals surface area contributed by atoms with E-state index in [1.165, 1.54) is 12.8 Å². The number of phenolic OH excluding ortho intramolecular Hbond substituents is 1. The minimum atomic E-state index is -0.771. The lowest BCUT2D eigenvalue weighted by Crippen LogP contribution is -2.57. The number of aromatic hydroxyl groups is 1. The summed E-state index contributed by atoms with van der Waals surface area (Å²) in [5.41, 5.74) is 1.36. The summed E-state index contributed by atoms with van der Waals surface area (Å²) in [6.45, 7) is 3.63. The molecule has 0 aromatic heterocycles. The zero-order valence-electron chi connectivity index (χ0n) is 14.0. The first-order valence-corrected chi connectivity index (χ1v) is 9.06. The van der Waals surface area contributed by atoms with Crippen LogP contribution in [0.25, 0.3) is 0 Å². The first kappa shape index (κ1) is 15.8. The Hall–Kier alpha value is -1.75. The molecule has 1 spiro atoms. The highest BCUT2D eigenvalue weighted by molar-refractivity contribution is 5.66. The largest absolute Gasteiger partial charge is 0.508 e. The number of carboxylic acid groups (broad SMARTS) is 1. The Morgan fingerprint density at radius 1 is 1.12 bits per heavy atom. The Labute approximate surface area is 142 Å². The molecule has 5 heteroatoms. The maximum atomic E-state index is 11.0. The molecule has 3 fully saturated rings. The summed E-state index contributed by atoms with van der Waals surface area (Å²) in [4.78, 5) is 15.2. The van der Waals surface area contributed by atoms with Crippen LogP contribution >= 0.6 is 0 Å². The lowest BCUT2D eigenvalue weighted by atomic mass is 9.78. The second-order valence-electron chi connectivity index (χ2n) is 7.90. The van der Waals surface area contributed by atoms with Crippen LogP contribution < -0.4 is 0 Å². The smallest absolute Gasteiger partial charge is 0.407 e. The van der Waals surface area contributed by atoms with Crippen molar-refractivity contribution < 1.29 is 15.0 Å². The molecule has 0 radical (unpaired) electrons. The van der Waals surface area contributed by atoms with Crippen molar-refractivity contribution in [1.82, 2.24) is 9.80 Å².